The largest absolute Gasteiger partial charge is 0.312 e. The lowest BCUT2D eigenvalue weighted by molar-refractivity contribution is 0.191. The van der Waals surface area contributed by atoms with E-state index in [1.807, 2.05) is 0 Å². The molecule has 1 rings (SSSR count). The predicted molar refractivity (Wildman–Crippen MR) is 58.0 cm³/mol. The molecule has 2 unspecified atom stereocenters. The lowest BCUT2D eigenvalue weighted by atomic mass is 9.94. The Balaban J connectivity index is 2.41. The highest BCUT2D eigenvalue weighted by atomic mass is 15.1. The molecule has 0 saturated carbocycles. The second kappa shape index (κ2) is 5.61. The second-order valence-corrected chi connectivity index (χ2v) is 4.38. The second-order valence-electron chi connectivity index (χ2n) is 4.38. The Labute approximate surface area is 82.7 Å². The van der Waals surface area contributed by atoms with Crippen LogP contribution in [0.3, 0.4) is 0 Å². The van der Waals surface area contributed by atoms with E-state index >= 15 is 0 Å². The highest BCUT2D eigenvalue weighted by molar-refractivity contribution is 4.84. The minimum atomic E-state index is 0.740. The summed E-state index contributed by atoms with van der Waals surface area (Å²) >= 11 is 0. The van der Waals surface area contributed by atoms with Crippen molar-refractivity contribution in [3.63, 3.8) is 0 Å². The van der Waals surface area contributed by atoms with Gasteiger partial charge in [-0.15, -0.1) is 0 Å². The van der Waals surface area contributed by atoms with Crippen molar-refractivity contribution in [2.24, 2.45) is 0 Å². The summed E-state index contributed by atoms with van der Waals surface area (Å²) in [6, 6.07) is 1.48. The summed E-state index contributed by atoms with van der Waals surface area (Å²) in [6.45, 7) is 3.50. The van der Waals surface area contributed by atoms with Crippen molar-refractivity contribution < 1.29 is 0 Å². The van der Waals surface area contributed by atoms with Crippen LogP contribution in [0.15, 0.2) is 0 Å². The van der Waals surface area contributed by atoms with Gasteiger partial charge in [0.25, 0.3) is 0 Å². The van der Waals surface area contributed by atoms with Gasteiger partial charge in [-0.3, -0.25) is 0 Å². The first kappa shape index (κ1) is 11.0. The van der Waals surface area contributed by atoms with E-state index in [1.54, 1.807) is 0 Å². The Bertz CT molecular complexity index is 128. The van der Waals surface area contributed by atoms with E-state index in [0.29, 0.717) is 0 Å². The molecule has 13 heavy (non-hydrogen) atoms. The Morgan fingerprint density at radius 1 is 1.38 bits per heavy atom. The van der Waals surface area contributed by atoms with Crippen molar-refractivity contribution in [3.8, 4) is 0 Å². The van der Waals surface area contributed by atoms with E-state index in [1.165, 1.54) is 38.6 Å². The fraction of sp³-hybridized carbons (Fsp3) is 1.00. The van der Waals surface area contributed by atoms with Crippen molar-refractivity contribution in [1.82, 2.24) is 10.2 Å². The summed E-state index contributed by atoms with van der Waals surface area (Å²) in [5.41, 5.74) is 0. The molecule has 0 aromatic heterocycles. The maximum Gasteiger partial charge on any atom is 0.0243 e. The van der Waals surface area contributed by atoms with Crippen molar-refractivity contribution in [2.75, 3.05) is 20.6 Å². The number of nitrogens with zero attached hydrogens (tertiary/aromatic N) is 1. The third-order valence-electron chi connectivity index (χ3n) is 3.06. The zero-order valence-electron chi connectivity index (χ0n) is 9.34. The van der Waals surface area contributed by atoms with Crippen molar-refractivity contribution >= 4 is 0 Å². The van der Waals surface area contributed by atoms with Gasteiger partial charge in [-0.1, -0.05) is 19.8 Å². The van der Waals surface area contributed by atoms with E-state index < -0.39 is 0 Å². The monoisotopic (exact) mass is 184 g/mol. The number of piperidine rings is 1. The smallest absolute Gasteiger partial charge is 0.0243 e. The maximum atomic E-state index is 3.64. The number of likely N-dealkylation sites (N-methyl/N-ethyl adjacent to an activating group) is 1. The lowest BCUT2D eigenvalue weighted by Crippen LogP contribution is -2.49. The molecule has 1 fully saturated rings. The SMILES string of the molecule is CCCC(C1CCCCN1)N(C)C. The first-order valence-electron chi connectivity index (χ1n) is 5.65. The molecule has 0 aliphatic carbocycles. The van der Waals surface area contributed by atoms with Gasteiger partial charge in [0.15, 0.2) is 0 Å². The zero-order chi connectivity index (χ0) is 9.68. The minimum absolute atomic E-state index is 0.740. The molecule has 0 spiro atoms. The third kappa shape index (κ3) is 3.28. The molecule has 0 bridgehead atoms. The van der Waals surface area contributed by atoms with E-state index in [4.69, 9.17) is 0 Å². The standard InChI is InChI=1S/C11H24N2/c1-4-7-11(13(2)3)10-8-5-6-9-12-10/h10-12H,4-9H2,1-3H3. The molecule has 1 heterocycles. The van der Waals surface area contributed by atoms with E-state index in [-0.39, 0.29) is 0 Å². The molecular weight excluding hydrogens is 160 g/mol. The van der Waals surface area contributed by atoms with Gasteiger partial charge in [0.05, 0.1) is 0 Å². The topological polar surface area (TPSA) is 15.3 Å². The number of hydrogen-bond donors (Lipinski definition) is 1. The molecule has 0 aromatic rings. The van der Waals surface area contributed by atoms with Crippen LogP contribution >= 0.6 is 0 Å². The average molecular weight is 184 g/mol. The third-order valence-corrected chi connectivity index (χ3v) is 3.06. The van der Waals surface area contributed by atoms with Crippen LogP contribution < -0.4 is 5.32 Å². The van der Waals surface area contributed by atoms with Gasteiger partial charge in [0.1, 0.15) is 0 Å². The summed E-state index contributed by atoms with van der Waals surface area (Å²) < 4.78 is 0. The summed E-state index contributed by atoms with van der Waals surface area (Å²) in [5, 5.41) is 3.64. The number of hydrogen-bond acceptors (Lipinski definition) is 2. The molecule has 0 aromatic carbocycles. The van der Waals surface area contributed by atoms with Crippen LogP contribution in [0.4, 0.5) is 0 Å². The van der Waals surface area contributed by atoms with Crippen LogP contribution in [0.2, 0.25) is 0 Å². The normalized spacial score (nSPS) is 26.3. The van der Waals surface area contributed by atoms with Crippen LogP contribution in [0.1, 0.15) is 39.0 Å². The Morgan fingerprint density at radius 2 is 2.15 bits per heavy atom. The van der Waals surface area contributed by atoms with Crippen LogP contribution in [0, 0.1) is 0 Å². The minimum Gasteiger partial charge on any atom is -0.312 e. The summed E-state index contributed by atoms with van der Waals surface area (Å²) in [5.74, 6) is 0. The average Bonchev–Trinajstić information content (AvgIpc) is 2.15. The van der Waals surface area contributed by atoms with Crippen molar-refractivity contribution in [1.29, 1.82) is 0 Å². The van der Waals surface area contributed by atoms with Crippen molar-refractivity contribution in [2.45, 2.75) is 51.1 Å². The molecule has 0 amide bonds. The zero-order valence-corrected chi connectivity index (χ0v) is 9.34. The van der Waals surface area contributed by atoms with E-state index in [2.05, 4.69) is 31.2 Å². The van der Waals surface area contributed by atoms with Crippen LogP contribution in [0.25, 0.3) is 0 Å². The molecule has 2 heteroatoms. The van der Waals surface area contributed by atoms with Gasteiger partial charge in [0.2, 0.25) is 0 Å². The maximum absolute atomic E-state index is 3.64. The molecule has 0 radical (unpaired) electrons. The van der Waals surface area contributed by atoms with Crippen LogP contribution in [-0.2, 0) is 0 Å². The lowest BCUT2D eigenvalue weighted by Gasteiger charge is -2.35. The predicted octanol–water partition coefficient (Wildman–Crippen LogP) is 1.86. The van der Waals surface area contributed by atoms with E-state index in [0.717, 1.165) is 12.1 Å². The fourth-order valence-electron chi connectivity index (χ4n) is 2.32. The van der Waals surface area contributed by atoms with Gasteiger partial charge in [0, 0.05) is 12.1 Å². The molecule has 1 saturated heterocycles. The van der Waals surface area contributed by atoms with Crippen LogP contribution in [-0.4, -0.2) is 37.6 Å². The summed E-state index contributed by atoms with van der Waals surface area (Å²) in [7, 11) is 4.41. The molecular formula is C11H24N2. The van der Waals surface area contributed by atoms with E-state index in [9.17, 15) is 0 Å². The number of rotatable bonds is 4. The Morgan fingerprint density at radius 3 is 2.62 bits per heavy atom. The molecule has 2 nitrogen and oxygen atoms in total. The molecule has 1 aliphatic heterocycles. The van der Waals surface area contributed by atoms with Gasteiger partial charge in [-0.05, 0) is 39.9 Å². The highest BCUT2D eigenvalue weighted by Crippen LogP contribution is 2.16. The first-order valence-corrected chi connectivity index (χ1v) is 5.65. The fourth-order valence-corrected chi connectivity index (χ4v) is 2.32. The molecule has 78 valence electrons. The summed E-state index contributed by atoms with van der Waals surface area (Å²) in [6.07, 6.45) is 6.75. The first-order chi connectivity index (χ1) is 6.25. The highest BCUT2D eigenvalue weighted by Gasteiger charge is 2.23. The van der Waals surface area contributed by atoms with Crippen molar-refractivity contribution in [3.05, 3.63) is 0 Å². The summed E-state index contributed by atoms with van der Waals surface area (Å²) in [4.78, 5) is 2.38. The Kier molecular flexibility index (Phi) is 4.74. The number of nitrogens with one attached hydrogen (secondary N) is 1. The van der Waals surface area contributed by atoms with Gasteiger partial charge in [-0.25, -0.2) is 0 Å². The van der Waals surface area contributed by atoms with Gasteiger partial charge in [-0.2, -0.15) is 0 Å². The quantitative estimate of drug-likeness (QED) is 0.717. The molecule has 1 aliphatic rings. The van der Waals surface area contributed by atoms with Gasteiger partial charge >= 0.3 is 0 Å². The Hall–Kier alpha value is -0.0800. The molecule has 1 N–H and O–H groups in total. The van der Waals surface area contributed by atoms with Gasteiger partial charge < -0.3 is 10.2 Å². The molecule has 2 atom stereocenters. The van der Waals surface area contributed by atoms with Crippen LogP contribution in [0.5, 0.6) is 0 Å².